The number of nitriles is 1. The fourth-order valence-electron chi connectivity index (χ4n) is 2.16. The van der Waals surface area contributed by atoms with Crippen LogP contribution in [0.15, 0.2) is 53.9 Å². The molecule has 0 N–H and O–H groups in total. The summed E-state index contributed by atoms with van der Waals surface area (Å²) in [6.45, 7) is 0. The zero-order valence-electron chi connectivity index (χ0n) is 12.9. The van der Waals surface area contributed by atoms with Crippen molar-refractivity contribution < 1.29 is 9.13 Å². The largest absolute Gasteiger partial charge is 0.497 e. The number of methoxy groups -OCH3 is 1. The van der Waals surface area contributed by atoms with E-state index in [1.165, 1.54) is 23.5 Å². The second-order valence-electron chi connectivity index (χ2n) is 4.99. The molecule has 24 heavy (non-hydrogen) atoms. The molecule has 0 amide bonds. The lowest BCUT2D eigenvalue weighted by Crippen LogP contribution is -1.85. The number of rotatable bonds is 4. The third-order valence-corrected chi connectivity index (χ3v) is 4.30. The molecule has 118 valence electrons. The third kappa shape index (κ3) is 3.50. The van der Waals surface area contributed by atoms with Gasteiger partial charge in [0.2, 0.25) is 0 Å². The Hall–Kier alpha value is -2.97. The number of thiazole rings is 1. The topological polar surface area (TPSA) is 45.9 Å². The molecule has 1 heterocycles. The van der Waals surface area contributed by atoms with Crippen LogP contribution in [0, 0.1) is 17.1 Å². The Morgan fingerprint density at radius 2 is 1.88 bits per heavy atom. The zero-order chi connectivity index (χ0) is 16.9. The molecule has 2 aromatic carbocycles. The molecular weight excluding hydrogens is 323 g/mol. The molecule has 0 unspecified atom stereocenters. The van der Waals surface area contributed by atoms with Crippen molar-refractivity contribution in [2.24, 2.45) is 0 Å². The van der Waals surface area contributed by atoms with Crippen LogP contribution < -0.4 is 4.74 Å². The molecule has 0 saturated carbocycles. The van der Waals surface area contributed by atoms with Gasteiger partial charge in [0.1, 0.15) is 22.6 Å². The van der Waals surface area contributed by atoms with Crippen LogP contribution in [0.5, 0.6) is 5.75 Å². The summed E-state index contributed by atoms with van der Waals surface area (Å²) in [5.41, 5.74) is 2.97. The minimum atomic E-state index is -0.304. The lowest BCUT2D eigenvalue weighted by atomic mass is 10.1. The van der Waals surface area contributed by atoms with Crippen molar-refractivity contribution in [1.82, 2.24) is 4.98 Å². The maximum atomic E-state index is 13.0. The van der Waals surface area contributed by atoms with E-state index in [-0.39, 0.29) is 5.82 Å². The molecule has 3 rings (SSSR count). The Morgan fingerprint density at radius 3 is 2.50 bits per heavy atom. The highest BCUT2D eigenvalue weighted by Crippen LogP contribution is 2.28. The second kappa shape index (κ2) is 7.07. The molecule has 0 saturated heterocycles. The number of hydrogen-bond donors (Lipinski definition) is 0. The number of ether oxygens (including phenoxy) is 1. The van der Waals surface area contributed by atoms with Crippen molar-refractivity contribution in [2.75, 3.05) is 7.11 Å². The van der Waals surface area contributed by atoms with Crippen molar-refractivity contribution in [1.29, 1.82) is 5.26 Å². The first kappa shape index (κ1) is 15.9. The molecule has 3 aromatic rings. The van der Waals surface area contributed by atoms with Crippen LogP contribution in [0.4, 0.5) is 4.39 Å². The highest BCUT2D eigenvalue weighted by molar-refractivity contribution is 7.11. The van der Waals surface area contributed by atoms with Crippen molar-refractivity contribution in [2.45, 2.75) is 0 Å². The van der Waals surface area contributed by atoms with Gasteiger partial charge in [0.05, 0.1) is 18.4 Å². The number of benzene rings is 2. The van der Waals surface area contributed by atoms with Gasteiger partial charge in [0, 0.05) is 10.9 Å². The average Bonchev–Trinajstić information content (AvgIpc) is 3.11. The standard InChI is InChI=1S/C19H13FN2OS/c1-23-17-8-4-14(5-9-17)18-12-24-19(22-18)15(11-21)10-13-2-6-16(20)7-3-13/h2-10,12H,1H3/b15-10+. The number of nitrogens with zero attached hydrogens (tertiary/aromatic N) is 2. The van der Waals surface area contributed by atoms with E-state index in [1.54, 1.807) is 25.3 Å². The lowest BCUT2D eigenvalue weighted by molar-refractivity contribution is 0.415. The molecule has 0 bridgehead atoms. The van der Waals surface area contributed by atoms with Gasteiger partial charge in [-0.2, -0.15) is 5.26 Å². The Bertz CT molecular complexity index is 906. The van der Waals surface area contributed by atoms with E-state index in [2.05, 4.69) is 11.1 Å². The molecule has 0 fully saturated rings. The highest BCUT2D eigenvalue weighted by atomic mass is 32.1. The van der Waals surface area contributed by atoms with Gasteiger partial charge in [-0.1, -0.05) is 12.1 Å². The first-order valence-electron chi connectivity index (χ1n) is 7.17. The second-order valence-corrected chi connectivity index (χ2v) is 5.85. The van der Waals surface area contributed by atoms with Gasteiger partial charge in [-0.3, -0.25) is 0 Å². The van der Waals surface area contributed by atoms with E-state index in [9.17, 15) is 9.65 Å². The fraction of sp³-hybridized carbons (Fsp3) is 0.0526. The number of aromatic nitrogens is 1. The van der Waals surface area contributed by atoms with Crippen LogP contribution in [0.1, 0.15) is 10.6 Å². The highest BCUT2D eigenvalue weighted by Gasteiger charge is 2.09. The van der Waals surface area contributed by atoms with E-state index < -0.39 is 0 Å². The summed E-state index contributed by atoms with van der Waals surface area (Å²) in [6.07, 6.45) is 1.70. The summed E-state index contributed by atoms with van der Waals surface area (Å²) in [4.78, 5) is 4.53. The maximum absolute atomic E-state index is 13.0. The summed E-state index contributed by atoms with van der Waals surface area (Å²) < 4.78 is 18.1. The number of hydrogen-bond acceptors (Lipinski definition) is 4. The zero-order valence-corrected chi connectivity index (χ0v) is 13.7. The third-order valence-electron chi connectivity index (χ3n) is 3.42. The van der Waals surface area contributed by atoms with E-state index in [0.717, 1.165) is 22.6 Å². The molecule has 0 aliphatic carbocycles. The van der Waals surface area contributed by atoms with Crippen molar-refractivity contribution in [3.05, 3.63) is 70.3 Å². The van der Waals surface area contributed by atoms with Crippen LogP contribution >= 0.6 is 11.3 Å². The predicted molar refractivity (Wildman–Crippen MR) is 94.0 cm³/mol. The molecule has 0 atom stereocenters. The molecule has 1 aromatic heterocycles. The SMILES string of the molecule is COc1ccc(-c2csc(/C(C#N)=C/c3ccc(F)cc3)n2)cc1. The minimum absolute atomic E-state index is 0.304. The average molecular weight is 336 g/mol. The summed E-state index contributed by atoms with van der Waals surface area (Å²) in [7, 11) is 1.62. The molecule has 0 spiro atoms. The number of halogens is 1. The van der Waals surface area contributed by atoms with E-state index in [4.69, 9.17) is 4.74 Å². The lowest BCUT2D eigenvalue weighted by Gasteiger charge is -2.00. The Morgan fingerprint density at radius 1 is 1.17 bits per heavy atom. The van der Waals surface area contributed by atoms with Gasteiger partial charge in [0.15, 0.2) is 0 Å². The first-order chi connectivity index (χ1) is 11.7. The summed E-state index contributed by atoms with van der Waals surface area (Å²) >= 11 is 1.40. The normalized spacial score (nSPS) is 11.1. The van der Waals surface area contributed by atoms with Gasteiger partial charge in [0.25, 0.3) is 0 Å². The summed E-state index contributed by atoms with van der Waals surface area (Å²) in [6, 6.07) is 15.7. The Labute approximate surface area is 143 Å². The van der Waals surface area contributed by atoms with Crippen LogP contribution in [0.3, 0.4) is 0 Å². The van der Waals surface area contributed by atoms with E-state index >= 15 is 0 Å². The summed E-state index contributed by atoms with van der Waals surface area (Å²) in [5.74, 6) is 0.477. The van der Waals surface area contributed by atoms with Gasteiger partial charge >= 0.3 is 0 Å². The van der Waals surface area contributed by atoms with E-state index in [0.29, 0.717) is 10.6 Å². The van der Waals surface area contributed by atoms with Gasteiger partial charge in [-0.25, -0.2) is 9.37 Å². The van der Waals surface area contributed by atoms with Gasteiger partial charge in [-0.15, -0.1) is 11.3 Å². The van der Waals surface area contributed by atoms with Crippen molar-refractivity contribution in [3.63, 3.8) is 0 Å². The van der Waals surface area contributed by atoms with Crippen LogP contribution in [-0.2, 0) is 0 Å². The van der Waals surface area contributed by atoms with Gasteiger partial charge in [-0.05, 0) is 48.0 Å². The smallest absolute Gasteiger partial charge is 0.134 e. The molecule has 3 nitrogen and oxygen atoms in total. The fourth-order valence-corrected chi connectivity index (χ4v) is 2.95. The van der Waals surface area contributed by atoms with E-state index in [1.807, 2.05) is 29.6 Å². The molecule has 0 radical (unpaired) electrons. The number of allylic oxidation sites excluding steroid dienone is 1. The molecule has 0 aliphatic heterocycles. The van der Waals surface area contributed by atoms with Crippen molar-refractivity contribution >= 4 is 23.0 Å². The molecule has 0 aliphatic rings. The van der Waals surface area contributed by atoms with Crippen LogP contribution in [0.25, 0.3) is 22.9 Å². The monoisotopic (exact) mass is 336 g/mol. The molecule has 5 heteroatoms. The first-order valence-corrected chi connectivity index (χ1v) is 8.05. The quantitative estimate of drug-likeness (QED) is 0.628. The van der Waals surface area contributed by atoms with Gasteiger partial charge < -0.3 is 4.74 Å². The minimum Gasteiger partial charge on any atom is -0.497 e. The predicted octanol–water partition coefficient (Wildman–Crippen LogP) is 5.02. The van der Waals surface area contributed by atoms with Crippen molar-refractivity contribution in [3.8, 4) is 23.1 Å². The maximum Gasteiger partial charge on any atom is 0.134 e. The summed E-state index contributed by atoms with van der Waals surface area (Å²) in [5, 5.41) is 11.9. The van der Waals surface area contributed by atoms with Crippen LogP contribution in [0.2, 0.25) is 0 Å². The Kier molecular flexibility index (Phi) is 4.69. The Balaban J connectivity index is 1.90. The van der Waals surface area contributed by atoms with Crippen LogP contribution in [-0.4, -0.2) is 12.1 Å². The molecular formula is C19H13FN2OS.